The van der Waals surface area contributed by atoms with Gasteiger partial charge < -0.3 is 49.1 Å². The molecule has 61 heavy (non-hydrogen) atoms. The van der Waals surface area contributed by atoms with Crippen molar-refractivity contribution in [1.82, 2.24) is 5.32 Å². The lowest BCUT2D eigenvalue weighted by Crippen LogP contribution is -2.82. The van der Waals surface area contributed by atoms with Crippen LogP contribution in [0.4, 0.5) is 4.79 Å². The van der Waals surface area contributed by atoms with E-state index in [1.165, 1.54) is 26.0 Å². The number of hydrogen-bond acceptors (Lipinski definition) is 15. The van der Waals surface area contributed by atoms with Crippen molar-refractivity contribution in [2.45, 2.75) is 135 Å². The third kappa shape index (κ3) is 7.94. The number of ketones is 1. The van der Waals surface area contributed by atoms with E-state index in [4.69, 9.17) is 28.4 Å². The Morgan fingerprint density at radius 3 is 2.05 bits per heavy atom. The van der Waals surface area contributed by atoms with E-state index in [2.05, 4.69) is 5.32 Å². The van der Waals surface area contributed by atoms with Crippen LogP contribution < -0.4 is 5.32 Å². The van der Waals surface area contributed by atoms with Gasteiger partial charge in [0.05, 0.1) is 35.6 Å². The van der Waals surface area contributed by atoms with Gasteiger partial charge in [-0.05, 0) is 63.5 Å². The van der Waals surface area contributed by atoms with Crippen LogP contribution in [0.25, 0.3) is 0 Å². The van der Waals surface area contributed by atoms with E-state index in [9.17, 15) is 39.3 Å². The van der Waals surface area contributed by atoms with Gasteiger partial charge in [0.25, 0.3) is 0 Å². The molecule has 0 radical (unpaired) electrons. The first-order valence-electron chi connectivity index (χ1n) is 20.2. The molecule has 1 saturated heterocycles. The summed E-state index contributed by atoms with van der Waals surface area (Å²) in [7, 11) is 0. The lowest BCUT2D eigenvalue weighted by molar-refractivity contribution is -0.346. The molecule has 2 saturated carbocycles. The van der Waals surface area contributed by atoms with E-state index in [0.29, 0.717) is 5.56 Å². The molecule has 330 valence electrons. The number of rotatable bonds is 9. The summed E-state index contributed by atoms with van der Waals surface area (Å²) in [5.74, 6) is -6.30. The van der Waals surface area contributed by atoms with Gasteiger partial charge in [0.15, 0.2) is 23.6 Å². The fourth-order valence-corrected chi connectivity index (χ4v) is 9.80. The van der Waals surface area contributed by atoms with Gasteiger partial charge in [-0.15, -0.1) is 0 Å². The molecule has 1 unspecified atom stereocenters. The summed E-state index contributed by atoms with van der Waals surface area (Å²) in [5.41, 5.74) is -8.30. The minimum atomic E-state index is -2.40. The van der Waals surface area contributed by atoms with Gasteiger partial charge in [-0.25, -0.2) is 14.4 Å². The molecule has 3 fully saturated rings. The minimum Gasteiger partial charge on any atom is -0.456 e. The lowest BCUT2D eigenvalue weighted by Gasteiger charge is -2.67. The fourth-order valence-electron chi connectivity index (χ4n) is 9.80. The van der Waals surface area contributed by atoms with Gasteiger partial charge in [-0.1, -0.05) is 62.4 Å². The summed E-state index contributed by atoms with van der Waals surface area (Å²) >= 11 is 0. The maximum atomic E-state index is 15.5. The number of esters is 4. The second-order valence-corrected chi connectivity index (χ2v) is 18.2. The number of carbonyl (C=O) groups excluding carboxylic acids is 6. The van der Waals surface area contributed by atoms with Crippen LogP contribution in [-0.2, 0) is 47.6 Å². The molecule has 3 aliphatic carbocycles. The van der Waals surface area contributed by atoms with Crippen LogP contribution in [-0.4, -0.2) is 111 Å². The Morgan fingerprint density at radius 2 is 1.51 bits per heavy atom. The van der Waals surface area contributed by atoms with E-state index in [0.717, 1.165) is 13.8 Å². The maximum Gasteiger partial charge on any atom is 0.408 e. The van der Waals surface area contributed by atoms with Crippen molar-refractivity contribution in [2.24, 2.45) is 16.7 Å². The summed E-state index contributed by atoms with van der Waals surface area (Å²) in [6.45, 7) is 12.9. The molecule has 2 aromatic carbocycles. The van der Waals surface area contributed by atoms with Crippen LogP contribution in [0.2, 0.25) is 0 Å². The molecule has 16 heteroatoms. The number of fused-ring (bicyclic) bond motifs is 5. The molecular formula is C45H55NO15. The quantitative estimate of drug-likeness (QED) is 0.160. The van der Waals surface area contributed by atoms with E-state index >= 15 is 4.79 Å². The van der Waals surface area contributed by atoms with Gasteiger partial charge >= 0.3 is 30.0 Å². The van der Waals surface area contributed by atoms with Crippen molar-refractivity contribution >= 4 is 35.8 Å². The van der Waals surface area contributed by atoms with E-state index in [1.807, 2.05) is 0 Å². The first kappa shape index (κ1) is 45.4. The van der Waals surface area contributed by atoms with Crippen molar-refractivity contribution in [1.29, 1.82) is 0 Å². The summed E-state index contributed by atoms with van der Waals surface area (Å²) in [4.78, 5) is 82.9. The number of hydrogen-bond donors (Lipinski definition) is 4. The summed E-state index contributed by atoms with van der Waals surface area (Å²) < 4.78 is 35.6. The zero-order chi connectivity index (χ0) is 45.0. The van der Waals surface area contributed by atoms with Crippen molar-refractivity contribution in [3.63, 3.8) is 0 Å². The molecule has 1 aliphatic heterocycles. The first-order chi connectivity index (χ1) is 28.4. The zero-order valence-corrected chi connectivity index (χ0v) is 35.8. The Balaban J connectivity index is 1.54. The van der Waals surface area contributed by atoms with Crippen molar-refractivity contribution < 1.29 is 72.5 Å². The van der Waals surface area contributed by atoms with Crippen LogP contribution in [0.1, 0.15) is 97.1 Å². The van der Waals surface area contributed by atoms with Crippen molar-refractivity contribution in [3.8, 4) is 0 Å². The number of alkyl carbamates (subject to hydrolysis) is 1. The molecule has 16 nitrogen and oxygen atoms in total. The van der Waals surface area contributed by atoms with Crippen LogP contribution in [0.3, 0.4) is 0 Å². The standard InChI is InChI=1S/C45H55NO15/c1-23-28(58-39(53)33(50)32(26-16-12-10-13-17-26)46-40(54)61-41(4,5)6)21-45(55)37(59-38(52)27-18-14-11-15-19-27)35-43(9,29(49)20-30-44(35,22-56-30)60-25(3)48)36(51)34(57-24(2)47)31(23)42(45,7)8/h10-19,28-30,32-35,37,49-50,55H,20-22H2,1-9H3,(H,46,54)/t28-,29-,30+,32-,33+,34+,35?,37-,43+,44-,45+/m0/s1. The highest BCUT2D eigenvalue weighted by molar-refractivity contribution is 5.95. The Labute approximate surface area is 353 Å². The van der Waals surface area contributed by atoms with Crippen LogP contribution in [0.5, 0.6) is 0 Å². The molecule has 0 spiro atoms. The SMILES string of the molecule is CC(=O)O[C@H]1C(=O)[C@@]2(C)C([C@H](OC(=O)c3ccccc3)[C@]3(O)C[C@H](OC(=O)[C@H](O)[C@@H](NC(=O)OC(C)(C)C)c4ccccc4)C(C)=C1C3(C)C)[C@]1(OC(C)=O)CO[C@@H]1C[C@@H]2O. The molecule has 2 bridgehead atoms. The van der Waals surface area contributed by atoms with E-state index in [-0.39, 0.29) is 29.7 Å². The summed E-state index contributed by atoms with van der Waals surface area (Å²) in [5, 5.41) is 39.9. The number of ether oxygens (including phenoxy) is 6. The average molecular weight is 850 g/mol. The molecule has 1 amide bonds. The zero-order valence-electron chi connectivity index (χ0n) is 35.8. The Morgan fingerprint density at radius 1 is 0.902 bits per heavy atom. The number of amides is 1. The second-order valence-electron chi connectivity index (χ2n) is 18.2. The van der Waals surface area contributed by atoms with Crippen LogP contribution in [0, 0.1) is 16.7 Å². The molecule has 2 aromatic rings. The molecule has 6 rings (SSSR count). The third-order valence-corrected chi connectivity index (χ3v) is 12.8. The molecule has 4 N–H and O–H groups in total. The highest BCUT2D eigenvalue weighted by Crippen LogP contribution is 2.64. The highest BCUT2D eigenvalue weighted by Gasteiger charge is 2.78. The topological polar surface area (TPSA) is 231 Å². The normalized spacial score (nSPS) is 32.5. The number of Topliss-reactive ketones (excluding diaryl/α,β-unsaturated/α-hetero) is 1. The highest BCUT2D eigenvalue weighted by atomic mass is 16.6. The van der Waals surface area contributed by atoms with Crippen molar-refractivity contribution in [3.05, 3.63) is 82.9 Å². The van der Waals surface area contributed by atoms with Gasteiger partial charge in [0.1, 0.15) is 29.5 Å². The molecule has 0 aromatic heterocycles. The molecule has 11 atom stereocenters. The Kier molecular flexibility index (Phi) is 12.1. The number of benzene rings is 2. The summed E-state index contributed by atoms with van der Waals surface area (Å²) in [6, 6.07) is 14.5. The van der Waals surface area contributed by atoms with Gasteiger partial charge in [0, 0.05) is 32.1 Å². The number of aliphatic hydroxyl groups is 3. The number of carbonyl (C=O) groups is 6. The smallest absolute Gasteiger partial charge is 0.408 e. The van der Waals surface area contributed by atoms with Crippen molar-refractivity contribution in [2.75, 3.05) is 6.61 Å². The van der Waals surface area contributed by atoms with Gasteiger partial charge in [-0.2, -0.15) is 0 Å². The minimum absolute atomic E-state index is 0.0126. The lowest BCUT2D eigenvalue weighted by atomic mass is 9.44. The Hall–Kier alpha value is -5.16. The largest absolute Gasteiger partial charge is 0.456 e. The van der Waals surface area contributed by atoms with E-state index < -0.39 is 118 Å². The fraction of sp³-hybridized carbons (Fsp3) is 0.556. The van der Waals surface area contributed by atoms with Crippen LogP contribution >= 0.6 is 0 Å². The van der Waals surface area contributed by atoms with Gasteiger partial charge in [-0.3, -0.25) is 14.4 Å². The monoisotopic (exact) mass is 849 g/mol. The second kappa shape index (κ2) is 16.3. The van der Waals surface area contributed by atoms with Gasteiger partial charge in [0.2, 0.25) is 0 Å². The predicted octanol–water partition coefficient (Wildman–Crippen LogP) is 3.83. The maximum absolute atomic E-state index is 15.5. The molecular weight excluding hydrogens is 794 g/mol. The first-order valence-corrected chi connectivity index (χ1v) is 20.2. The predicted molar refractivity (Wildman–Crippen MR) is 213 cm³/mol. The molecule has 4 aliphatic rings. The molecule has 1 heterocycles. The third-order valence-electron chi connectivity index (χ3n) is 12.8. The number of nitrogens with one attached hydrogen (secondary N) is 1. The average Bonchev–Trinajstić information content (AvgIpc) is 3.17. The van der Waals surface area contributed by atoms with E-state index in [1.54, 1.807) is 83.1 Å². The van der Waals surface area contributed by atoms with Crippen LogP contribution in [0.15, 0.2) is 71.8 Å². The Bertz CT molecular complexity index is 2100. The summed E-state index contributed by atoms with van der Waals surface area (Å²) in [6.07, 6.45) is -11.5. The number of aliphatic hydroxyl groups excluding tert-OH is 2.